The van der Waals surface area contributed by atoms with Crippen LogP contribution in [0.1, 0.15) is 10.6 Å². The molecule has 1 fully saturated rings. The molecule has 2 aromatic carbocycles. The van der Waals surface area contributed by atoms with Gasteiger partial charge in [-0.3, -0.25) is 14.4 Å². The van der Waals surface area contributed by atoms with Gasteiger partial charge in [-0.2, -0.15) is 0 Å². The van der Waals surface area contributed by atoms with Crippen molar-refractivity contribution < 1.29 is 18.8 Å². The van der Waals surface area contributed by atoms with E-state index in [-0.39, 0.29) is 11.7 Å². The molecule has 1 saturated heterocycles. The molecule has 3 amide bonds. The van der Waals surface area contributed by atoms with Crippen molar-refractivity contribution in [3.63, 3.8) is 0 Å². The van der Waals surface area contributed by atoms with Crippen LogP contribution < -0.4 is 10.6 Å². The summed E-state index contributed by atoms with van der Waals surface area (Å²) in [6, 6.07) is 20.1. The van der Waals surface area contributed by atoms with Gasteiger partial charge in [0, 0.05) is 43.2 Å². The van der Waals surface area contributed by atoms with E-state index in [1.807, 2.05) is 42.5 Å². The number of carbonyl (C=O) groups excluding carboxylic acids is 3. The highest BCUT2D eigenvalue weighted by Gasteiger charge is 2.29. The number of piperazine rings is 1. The van der Waals surface area contributed by atoms with Crippen LogP contribution >= 0.6 is 0 Å². The number of nitrogens with zero attached hydrogens (tertiary/aromatic N) is 2. The second-order valence-electron chi connectivity index (χ2n) is 7.08. The van der Waals surface area contributed by atoms with Crippen molar-refractivity contribution in [3.8, 4) is 0 Å². The molecule has 0 atom stereocenters. The molecule has 8 nitrogen and oxygen atoms in total. The molecular formula is C23H22N4O4. The number of nitrogens with one attached hydrogen (secondary N) is 2. The maximum Gasteiger partial charge on any atom is 0.313 e. The average Bonchev–Trinajstić information content (AvgIpc) is 3.35. The Morgan fingerprint density at radius 3 is 1.97 bits per heavy atom. The second-order valence-corrected chi connectivity index (χ2v) is 7.08. The summed E-state index contributed by atoms with van der Waals surface area (Å²) >= 11 is 0. The highest BCUT2D eigenvalue weighted by atomic mass is 16.3. The molecule has 0 radical (unpaired) electrons. The van der Waals surface area contributed by atoms with Crippen LogP contribution in [0.25, 0.3) is 0 Å². The minimum absolute atomic E-state index is 0.217. The van der Waals surface area contributed by atoms with Crippen molar-refractivity contribution in [1.29, 1.82) is 0 Å². The lowest BCUT2D eigenvalue weighted by molar-refractivity contribution is -0.144. The van der Waals surface area contributed by atoms with Gasteiger partial charge >= 0.3 is 11.8 Å². The SMILES string of the molecule is O=C(Nc1ccc(Nc2ccccc2)cc1)C(=O)N1CCN(C(=O)c2ccco2)CC1. The highest BCUT2D eigenvalue weighted by Crippen LogP contribution is 2.19. The fraction of sp³-hybridized carbons (Fsp3) is 0.174. The van der Waals surface area contributed by atoms with Gasteiger partial charge in [-0.05, 0) is 48.5 Å². The Balaban J connectivity index is 1.28. The van der Waals surface area contributed by atoms with Gasteiger partial charge in [0.1, 0.15) is 0 Å². The normalized spacial score (nSPS) is 13.5. The van der Waals surface area contributed by atoms with Gasteiger partial charge in [0.25, 0.3) is 5.91 Å². The number of hydrogen-bond acceptors (Lipinski definition) is 5. The van der Waals surface area contributed by atoms with Crippen LogP contribution in [0.3, 0.4) is 0 Å². The van der Waals surface area contributed by atoms with E-state index in [9.17, 15) is 14.4 Å². The summed E-state index contributed by atoms with van der Waals surface area (Å²) < 4.78 is 5.13. The summed E-state index contributed by atoms with van der Waals surface area (Å²) in [5.41, 5.74) is 2.36. The molecule has 1 aliphatic rings. The summed E-state index contributed by atoms with van der Waals surface area (Å²) in [6.45, 7) is 1.27. The fourth-order valence-electron chi connectivity index (χ4n) is 3.32. The fourth-order valence-corrected chi connectivity index (χ4v) is 3.32. The third-order valence-corrected chi connectivity index (χ3v) is 4.99. The number of carbonyl (C=O) groups is 3. The van der Waals surface area contributed by atoms with Gasteiger partial charge in [0.15, 0.2) is 5.76 Å². The Hall–Kier alpha value is -4.07. The number of amides is 3. The number of rotatable bonds is 4. The lowest BCUT2D eigenvalue weighted by Crippen LogP contribution is -2.52. The topological polar surface area (TPSA) is 94.9 Å². The molecule has 3 aromatic rings. The van der Waals surface area contributed by atoms with Crippen LogP contribution in [-0.2, 0) is 9.59 Å². The first-order valence-corrected chi connectivity index (χ1v) is 9.95. The molecule has 2 N–H and O–H groups in total. The minimum atomic E-state index is -0.699. The molecule has 0 unspecified atom stereocenters. The standard InChI is InChI=1S/C23H22N4O4/c28-21(25-19-10-8-18(9-11-19)24-17-5-2-1-3-6-17)23(30)27-14-12-26(13-15-27)22(29)20-7-4-16-31-20/h1-11,16,24H,12-15H2,(H,25,28). The summed E-state index contributed by atoms with van der Waals surface area (Å²) in [5.74, 6) is -1.26. The Morgan fingerprint density at radius 1 is 0.710 bits per heavy atom. The summed E-state index contributed by atoms with van der Waals surface area (Å²) in [7, 11) is 0. The van der Waals surface area contributed by atoms with Crippen LogP contribution in [-0.4, -0.2) is 53.7 Å². The van der Waals surface area contributed by atoms with Crippen molar-refractivity contribution in [2.45, 2.75) is 0 Å². The Morgan fingerprint density at radius 2 is 1.32 bits per heavy atom. The van der Waals surface area contributed by atoms with Gasteiger partial charge in [0.2, 0.25) is 0 Å². The zero-order valence-electron chi connectivity index (χ0n) is 16.8. The van der Waals surface area contributed by atoms with Gasteiger partial charge < -0.3 is 24.9 Å². The van der Waals surface area contributed by atoms with Crippen LogP contribution in [0.4, 0.5) is 17.1 Å². The monoisotopic (exact) mass is 418 g/mol. The molecule has 4 rings (SSSR count). The molecule has 0 saturated carbocycles. The van der Waals surface area contributed by atoms with E-state index in [0.717, 1.165) is 11.4 Å². The first-order valence-electron chi connectivity index (χ1n) is 9.95. The van der Waals surface area contributed by atoms with Crippen molar-refractivity contribution in [3.05, 3.63) is 78.8 Å². The van der Waals surface area contributed by atoms with Crippen molar-refractivity contribution in [1.82, 2.24) is 9.80 Å². The molecule has 0 spiro atoms. The van der Waals surface area contributed by atoms with E-state index in [2.05, 4.69) is 10.6 Å². The lowest BCUT2D eigenvalue weighted by atomic mass is 10.2. The number of anilines is 3. The average molecular weight is 418 g/mol. The molecule has 31 heavy (non-hydrogen) atoms. The van der Waals surface area contributed by atoms with E-state index in [4.69, 9.17) is 4.42 Å². The zero-order valence-corrected chi connectivity index (χ0v) is 16.8. The first kappa shape index (κ1) is 20.2. The van der Waals surface area contributed by atoms with E-state index in [1.54, 1.807) is 29.2 Å². The first-order chi connectivity index (χ1) is 15.1. The molecule has 2 heterocycles. The molecule has 1 aromatic heterocycles. The van der Waals surface area contributed by atoms with Crippen LogP contribution in [0, 0.1) is 0 Å². The molecule has 158 valence electrons. The second kappa shape index (κ2) is 9.17. The van der Waals surface area contributed by atoms with Crippen molar-refractivity contribution in [2.75, 3.05) is 36.8 Å². The number of furan rings is 1. The van der Waals surface area contributed by atoms with Crippen LogP contribution in [0.5, 0.6) is 0 Å². The number of benzene rings is 2. The maximum absolute atomic E-state index is 12.5. The van der Waals surface area contributed by atoms with E-state index in [1.165, 1.54) is 11.2 Å². The van der Waals surface area contributed by atoms with E-state index < -0.39 is 11.8 Å². The van der Waals surface area contributed by atoms with Gasteiger partial charge in [-0.25, -0.2) is 0 Å². The molecule has 8 heteroatoms. The predicted octanol–water partition coefficient (Wildman–Crippen LogP) is 2.95. The molecule has 0 aliphatic carbocycles. The van der Waals surface area contributed by atoms with Crippen LogP contribution in [0.15, 0.2) is 77.4 Å². The van der Waals surface area contributed by atoms with Crippen LogP contribution in [0.2, 0.25) is 0 Å². The third kappa shape index (κ3) is 4.92. The van der Waals surface area contributed by atoms with E-state index in [0.29, 0.717) is 31.9 Å². The predicted molar refractivity (Wildman–Crippen MR) is 116 cm³/mol. The van der Waals surface area contributed by atoms with Gasteiger partial charge in [0.05, 0.1) is 6.26 Å². The van der Waals surface area contributed by atoms with Gasteiger partial charge in [-0.15, -0.1) is 0 Å². The summed E-state index contributed by atoms with van der Waals surface area (Å²) in [4.78, 5) is 40.2. The molecule has 0 bridgehead atoms. The third-order valence-electron chi connectivity index (χ3n) is 4.99. The number of para-hydroxylation sites is 1. The van der Waals surface area contributed by atoms with Gasteiger partial charge in [-0.1, -0.05) is 18.2 Å². The zero-order chi connectivity index (χ0) is 21.6. The highest BCUT2D eigenvalue weighted by molar-refractivity contribution is 6.39. The number of hydrogen-bond donors (Lipinski definition) is 2. The maximum atomic E-state index is 12.5. The lowest BCUT2D eigenvalue weighted by Gasteiger charge is -2.33. The molecular weight excluding hydrogens is 396 g/mol. The molecule has 1 aliphatic heterocycles. The Kier molecular flexibility index (Phi) is 5.98. The summed E-state index contributed by atoms with van der Waals surface area (Å²) in [6.07, 6.45) is 1.45. The summed E-state index contributed by atoms with van der Waals surface area (Å²) in [5, 5.41) is 5.89. The quantitative estimate of drug-likeness (QED) is 0.636. The van der Waals surface area contributed by atoms with Crippen molar-refractivity contribution >= 4 is 34.8 Å². The Labute approximate surface area is 179 Å². The Bertz CT molecular complexity index is 1040. The largest absolute Gasteiger partial charge is 0.459 e. The minimum Gasteiger partial charge on any atom is -0.459 e. The van der Waals surface area contributed by atoms with E-state index >= 15 is 0 Å². The smallest absolute Gasteiger partial charge is 0.313 e. The van der Waals surface area contributed by atoms with Crippen molar-refractivity contribution in [2.24, 2.45) is 0 Å².